The molecule has 0 aromatic heterocycles. The topological polar surface area (TPSA) is 110 Å². The standard InChI is InChI=1S/C16H14N2O5S/c19-14(10-24-13-9-5-4-8-12(13)18(22)23)17-15(16(20)21)11-6-2-1-3-7-11/h1-9,15H,10H2,(H,17,19)(H,20,21)/t15-/m1/s1. The van der Waals surface area contributed by atoms with Gasteiger partial charge in [0.25, 0.3) is 5.69 Å². The monoisotopic (exact) mass is 346 g/mol. The van der Waals surface area contributed by atoms with Gasteiger partial charge in [0.1, 0.15) is 0 Å². The molecular weight excluding hydrogens is 332 g/mol. The summed E-state index contributed by atoms with van der Waals surface area (Å²) in [5.74, 6) is -1.82. The summed E-state index contributed by atoms with van der Waals surface area (Å²) in [5.41, 5.74) is 0.363. The average Bonchev–Trinajstić information content (AvgIpc) is 2.58. The Kier molecular flexibility index (Phi) is 5.91. The maximum atomic E-state index is 12.0. The second-order valence-corrected chi connectivity index (χ2v) is 5.78. The summed E-state index contributed by atoms with van der Waals surface area (Å²) < 4.78 is 0. The van der Waals surface area contributed by atoms with Crippen LogP contribution in [-0.4, -0.2) is 27.7 Å². The molecule has 0 radical (unpaired) electrons. The maximum absolute atomic E-state index is 12.0. The Morgan fingerprint density at radius 3 is 2.38 bits per heavy atom. The number of amides is 1. The van der Waals surface area contributed by atoms with Crippen LogP contribution in [0.5, 0.6) is 0 Å². The summed E-state index contributed by atoms with van der Waals surface area (Å²) >= 11 is 0.986. The van der Waals surface area contributed by atoms with Crippen LogP contribution in [-0.2, 0) is 9.59 Å². The molecule has 0 aliphatic heterocycles. The molecule has 8 heteroatoms. The molecule has 0 aliphatic carbocycles. The van der Waals surface area contributed by atoms with Crippen molar-refractivity contribution in [2.24, 2.45) is 0 Å². The fraction of sp³-hybridized carbons (Fsp3) is 0.125. The maximum Gasteiger partial charge on any atom is 0.330 e. The van der Waals surface area contributed by atoms with Crippen molar-refractivity contribution in [3.63, 3.8) is 0 Å². The lowest BCUT2D eigenvalue weighted by atomic mass is 10.1. The minimum atomic E-state index is -1.18. The van der Waals surface area contributed by atoms with Gasteiger partial charge in [0, 0.05) is 6.07 Å². The van der Waals surface area contributed by atoms with Crippen LogP contribution in [0, 0.1) is 10.1 Å². The highest BCUT2D eigenvalue weighted by Crippen LogP contribution is 2.28. The number of rotatable bonds is 7. The molecule has 0 fully saturated rings. The van der Waals surface area contributed by atoms with E-state index in [1.807, 2.05) is 0 Å². The number of thioether (sulfide) groups is 1. The van der Waals surface area contributed by atoms with Crippen molar-refractivity contribution < 1.29 is 19.6 Å². The Balaban J connectivity index is 2.02. The number of benzene rings is 2. The number of carbonyl (C=O) groups excluding carboxylic acids is 1. The molecule has 1 amide bonds. The molecule has 0 heterocycles. The largest absolute Gasteiger partial charge is 0.479 e. The zero-order chi connectivity index (χ0) is 17.5. The number of carboxylic acid groups (broad SMARTS) is 1. The molecule has 24 heavy (non-hydrogen) atoms. The van der Waals surface area contributed by atoms with E-state index >= 15 is 0 Å². The van der Waals surface area contributed by atoms with E-state index in [1.165, 1.54) is 12.1 Å². The van der Waals surface area contributed by atoms with Gasteiger partial charge in [-0.05, 0) is 11.6 Å². The highest BCUT2D eigenvalue weighted by molar-refractivity contribution is 8.00. The number of carboxylic acids is 1. The number of nitro benzene ring substituents is 1. The highest BCUT2D eigenvalue weighted by Gasteiger charge is 2.22. The summed E-state index contributed by atoms with van der Waals surface area (Å²) in [7, 11) is 0. The third-order valence-corrected chi connectivity index (χ3v) is 4.17. The van der Waals surface area contributed by atoms with E-state index in [0.717, 1.165) is 11.8 Å². The fourth-order valence-corrected chi connectivity index (χ4v) is 2.84. The molecule has 0 spiro atoms. The predicted molar refractivity (Wildman–Crippen MR) is 88.8 cm³/mol. The Hall–Kier alpha value is -2.87. The second-order valence-electron chi connectivity index (χ2n) is 4.76. The number of nitro groups is 1. The number of nitrogens with one attached hydrogen (secondary N) is 1. The number of hydrogen-bond acceptors (Lipinski definition) is 5. The van der Waals surface area contributed by atoms with Crippen LogP contribution >= 0.6 is 11.8 Å². The van der Waals surface area contributed by atoms with Gasteiger partial charge in [0.2, 0.25) is 5.91 Å². The van der Waals surface area contributed by atoms with Crippen molar-refractivity contribution >= 4 is 29.3 Å². The number of nitrogens with zero attached hydrogens (tertiary/aromatic N) is 1. The zero-order valence-corrected chi connectivity index (χ0v) is 13.2. The van der Waals surface area contributed by atoms with Crippen molar-refractivity contribution in [1.82, 2.24) is 5.32 Å². The van der Waals surface area contributed by atoms with Gasteiger partial charge in [-0.2, -0.15) is 0 Å². The summed E-state index contributed by atoms with van der Waals surface area (Å²) in [6.07, 6.45) is 0. The van der Waals surface area contributed by atoms with Gasteiger partial charge in [-0.15, -0.1) is 11.8 Å². The number of carbonyl (C=O) groups is 2. The Morgan fingerprint density at radius 2 is 1.75 bits per heavy atom. The number of aliphatic carboxylic acids is 1. The molecular formula is C16H14N2O5S. The molecule has 2 rings (SSSR count). The molecule has 0 unspecified atom stereocenters. The van der Waals surface area contributed by atoms with Crippen LogP contribution in [0.1, 0.15) is 11.6 Å². The third kappa shape index (κ3) is 4.56. The predicted octanol–water partition coefficient (Wildman–Crippen LogP) is 2.63. The van der Waals surface area contributed by atoms with E-state index in [1.54, 1.807) is 42.5 Å². The molecule has 0 saturated heterocycles. The lowest BCUT2D eigenvalue weighted by Crippen LogP contribution is -2.34. The Morgan fingerprint density at radius 1 is 1.12 bits per heavy atom. The van der Waals surface area contributed by atoms with Crippen LogP contribution < -0.4 is 5.32 Å². The van der Waals surface area contributed by atoms with Gasteiger partial charge >= 0.3 is 5.97 Å². The molecule has 2 aromatic rings. The molecule has 0 saturated carbocycles. The van der Waals surface area contributed by atoms with E-state index in [-0.39, 0.29) is 11.4 Å². The minimum Gasteiger partial charge on any atom is -0.479 e. The first kappa shape index (κ1) is 17.5. The van der Waals surface area contributed by atoms with Crippen LogP contribution in [0.4, 0.5) is 5.69 Å². The van der Waals surface area contributed by atoms with E-state index in [0.29, 0.717) is 10.5 Å². The van der Waals surface area contributed by atoms with Crippen LogP contribution in [0.3, 0.4) is 0 Å². The van der Waals surface area contributed by atoms with Gasteiger partial charge in [-0.25, -0.2) is 4.79 Å². The summed E-state index contributed by atoms with van der Waals surface area (Å²) in [4.78, 5) is 34.1. The molecule has 0 bridgehead atoms. The number of hydrogen-bond donors (Lipinski definition) is 2. The fourth-order valence-electron chi connectivity index (χ4n) is 2.01. The van der Waals surface area contributed by atoms with Crippen molar-refractivity contribution in [1.29, 1.82) is 0 Å². The molecule has 2 N–H and O–H groups in total. The first-order valence-electron chi connectivity index (χ1n) is 6.92. The Bertz CT molecular complexity index is 751. The lowest BCUT2D eigenvalue weighted by Gasteiger charge is -2.14. The van der Waals surface area contributed by atoms with E-state index in [9.17, 15) is 24.8 Å². The molecule has 124 valence electrons. The summed E-state index contributed by atoms with van der Waals surface area (Å²) in [5, 5.41) is 22.6. The van der Waals surface area contributed by atoms with Crippen molar-refractivity contribution in [3.05, 3.63) is 70.3 Å². The van der Waals surface area contributed by atoms with Crippen LogP contribution in [0.15, 0.2) is 59.5 Å². The summed E-state index contributed by atoms with van der Waals surface area (Å²) in [6.45, 7) is 0. The Labute approximate surface area is 141 Å². The van der Waals surface area contributed by atoms with Crippen LogP contribution in [0.25, 0.3) is 0 Å². The van der Waals surface area contributed by atoms with Gasteiger partial charge in [0.05, 0.1) is 15.6 Å². The van der Waals surface area contributed by atoms with Crippen molar-refractivity contribution in [2.75, 3.05) is 5.75 Å². The van der Waals surface area contributed by atoms with Gasteiger partial charge in [-0.3, -0.25) is 14.9 Å². The molecule has 7 nitrogen and oxygen atoms in total. The minimum absolute atomic E-state index is 0.0897. The first-order chi connectivity index (χ1) is 11.5. The normalized spacial score (nSPS) is 11.5. The lowest BCUT2D eigenvalue weighted by molar-refractivity contribution is -0.387. The summed E-state index contributed by atoms with van der Waals surface area (Å²) in [6, 6.07) is 13.2. The molecule has 0 aliphatic rings. The quantitative estimate of drug-likeness (QED) is 0.453. The van der Waals surface area contributed by atoms with E-state index in [4.69, 9.17) is 0 Å². The van der Waals surface area contributed by atoms with E-state index in [2.05, 4.69) is 5.32 Å². The third-order valence-electron chi connectivity index (χ3n) is 3.11. The smallest absolute Gasteiger partial charge is 0.330 e. The average molecular weight is 346 g/mol. The SMILES string of the molecule is O=C(CSc1ccccc1[N+](=O)[O-])N[C@@H](C(=O)O)c1ccccc1. The molecule has 2 aromatic carbocycles. The number of para-hydroxylation sites is 1. The van der Waals surface area contributed by atoms with Gasteiger partial charge < -0.3 is 10.4 Å². The van der Waals surface area contributed by atoms with Crippen LogP contribution in [0.2, 0.25) is 0 Å². The van der Waals surface area contributed by atoms with Crippen molar-refractivity contribution in [2.45, 2.75) is 10.9 Å². The molecule has 1 atom stereocenters. The van der Waals surface area contributed by atoms with Crippen molar-refractivity contribution in [3.8, 4) is 0 Å². The zero-order valence-electron chi connectivity index (χ0n) is 12.4. The first-order valence-corrected chi connectivity index (χ1v) is 7.91. The second kappa shape index (κ2) is 8.11. The highest BCUT2D eigenvalue weighted by atomic mass is 32.2. The van der Waals surface area contributed by atoms with Gasteiger partial charge in [0.15, 0.2) is 6.04 Å². The van der Waals surface area contributed by atoms with E-state index < -0.39 is 22.8 Å². The van der Waals surface area contributed by atoms with Gasteiger partial charge in [-0.1, -0.05) is 42.5 Å².